The third kappa shape index (κ3) is 4.93. The molecule has 9 nitrogen and oxygen atoms in total. The lowest BCUT2D eigenvalue weighted by Gasteiger charge is -2.45. The molecule has 1 aliphatic carbocycles. The van der Waals surface area contributed by atoms with Crippen LogP contribution in [0.15, 0.2) is 59.3 Å². The number of aliphatic hydroxyl groups is 1. The fraction of sp³-hybridized carbons (Fsp3) is 0.429. The highest BCUT2D eigenvalue weighted by Crippen LogP contribution is 2.45. The van der Waals surface area contributed by atoms with Gasteiger partial charge in [-0.25, -0.2) is 26.9 Å². The molecule has 2 aliphatic heterocycles. The van der Waals surface area contributed by atoms with Crippen LogP contribution in [0.4, 0.5) is 14.6 Å². The maximum Gasteiger partial charge on any atom is 0.244 e. The molecule has 2 fully saturated rings. The minimum absolute atomic E-state index is 0.0896. The van der Waals surface area contributed by atoms with Gasteiger partial charge in [0, 0.05) is 31.2 Å². The molecule has 2 aromatic heterocycles. The molecular formula is C28H31F2N5O4S. The Kier molecular flexibility index (Phi) is 7.19. The van der Waals surface area contributed by atoms with Crippen LogP contribution in [0.3, 0.4) is 0 Å². The summed E-state index contributed by atoms with van der Waals surface area (Å²) in [5, 5.41) is 13.9. The van der Waals surface area contributed by atoms with E-state index < -0.39 is 21.6 Å². The first-order chi connectivity index (χ1) is 19.3. The number of hydrogen-bond donors (Lipinski definition) is 1. The number of rotatable bonds is 8. The molecule has 1 aromatic carbocycles. The average molecular weight is 572 g/mol. The quantitative estimate of drug-likeness (QED) is 0.415. The molecule has 1 N–H and O–H groups in total. The third-order valence-electron chi connectivity index (χ3n) is 8.02. The van der Waals surface area contributed by atoms with Crippen molar-refractivity contribution >= 4 is 21.9 Å². The second-order valence-electron chi connectivity index (χ2n) is 10.6. The largest absolute Gasteiger partial charge is 0.394 e. The first-order valence-corrected chi connectivity index (χ1v) is 14.8. The van der Waals surface area contributed by atoms with E-state index in [9.17, 15) is 22.3 Å². The van der Waals surface area contributed by atoms with Crippen molar-refractivity contribution in [3.05, 3.63) is 71.4 Å². The number of halogens is 2. The van der Waals surface area contributed by atoms with E-state index in [1.807, 2.05) is 11.0 Å². The number of fused-ring (bicyclic) bond motifs is 2. The Bertz CT molecular complexity index is 1510. The molecule has 4 heterocycles. The zero-order valence-corrected chi connectivity index (χ0v) is 22.7. The Balaban J connectivity index is 1.28. The predicted octanol–water partition coefficient (Wildman–Crippen LogP) is 2.98. The molecule has 0 radical (unpaired) electrons. The van der Waals surface area contributed by atoms with Gasteiger partial charge in [-0.05, 0) is 67.3 Å². The van der Waals surface area contributed by atoms with Gasteiger partial charge in [0.1, 0.15) is 22.7 Å². The highest BCUT2D eigenvalue weighted by atomic mass is 32.2. The minimum Gasteiger partial charge on any atom is -0.394 e. The summed E-state index contributed by atoms with van der Waals surface area (Å²) >= 11 is 0. The van der Waals surface area contributed by atoms with Gasteiger partial charge in [0.25, 0.3) is 0 Å². The molecule has 0 saturated carbocycles. The lowest BCUT2D eigenvalue weighted by atomic mass is 9.69. The Morgan fingerprint density at radius 3 is 2.65 bits per heavy atom. The normalized spacial score (nSPS) is 23.1. The molecule has 3 aliphatic rings. The fourth-order valence-corrected chi connectivity index (χ4v) is 7.41. The maximum absolute atomic E-state index is 13.7. The zero-order chi connectivity index (χ0) is 27.9. The number of aliphatic hydroxyl groups excluding tert-OH is 1. The van der Waals surface area contributed by atoms with Gasteiger partial charge < -0.3 is 14.7 Å². The maximum atomic E-state index is 13.7. The van der Waals surface area contributed by atoms with E-state index in [1.54, 1.807) is 29.1 Å². The summed E-state index contributed by atoms with van der Waals surface area (Å²) < 4.78 is 63.7. The molecule has 212 valence electrons. The molecule has 6 rings (SSSR count). The standard InChI is InChI=1S/C28H31F2N5O4S/c29-22-1-3-24(4-2-22)35-26-13-21-7-10-34(18-28(21,19-39-12-11-36)14-20(26)15-32-35)40(37,38)25-5-6-27(31-16-25)33-9-8-23(30)17-33/h1-6,13,15-16,23,36H,7-12,14,17-19H2/t23-,28?/m1/s1. The number of hydrogen-bond acceptors (Lipinski definition) is 7. The number of sulfonamides is 1. The van der Waals surface area contributed by atoms with Crippen molar-refractivity contribution in [2.24, 2.45) is 5.41 Å². The number of alkyl halides is 1. The van der Waals surface area contributed by atoms with Crippen LogP contribution in [0.5, 0.6) is 0 Å². The second-order valence-corrected chi connectivity index (χ2v) is 12.6. The van der Waals surface area contributed by atoms with Gasteiger partial charge in [-0.2, -0.15) is 9.40 Å². The number of pyridine rings is 1. The van der Waals surface area contributed by atoms with E-state index in [1.165, 1.54) is 28.7 Å². The second kappa shape index (κ2) is 10.7. The number of nitrogens with zero attached hydrogens (tertiary/aromatic N) is 5. The van der Waals surface area contributed by atoms with Crippen LogP contribution < -0.4 is 4.90 Å². The molecule has 1 unspecified atom stereocenters. The summed E-state index contributed by atoms with van der Waals surface area (Å²) in [6.45, 7) is 1.55. The third-order valence-corrected chi connectivity index (χ3v) is 9.84. The summed E-state index contributed by atoms with van der Waals surface area (Å²) in [6, 6.07) is 9.29. The minimum atomic E-state index is -3.86. The summed E-state index contributed by atoms with van der Waals surface area (Å²) in [4.78, 5) is 6.24. The molecule has 0 spiro atoms. The van der Waals surface area contributed by atoms with Crippen LogP contribution in [0.1, 0.15) is 24.1 Å². The van der Waals surface area contributed by atoms with Gasteiger partial charge in [0.05, 0.1) is 43.9 Å². The summed E-state index contributed by atoms with van der Waals surface area (Å²) in [5.74, 6) is 0.237. The number of ether oxygens (including phenoxy) is 1. The van der Waals surface area contributed by atoms with Crippen LogP contribution in [0.2, 0.25) is 0 Å². The van der Waals surface area contributed by atoms with Crippen molar-refractivity contribution in [1.29, 1.82) is 0 Å². The molecule has 3 aromatic rings. The van der Waals surface area contributed by atoms with Crippen molar-refractivity contribution < 1.29 is 27.0 Å². The Labute approximate surface area is 231 Å². The molecular weight excluding hydrogens is 540 g/mol. The molecule has 2 saturated heterocycles. The van der Waals surface area contributed by atoms with Crippen molar-refractivity contribution in [2.45, 2.75) is 30.3 Å². The van der Waals surface area contributed by atoms with Gasteiger partial charge >= 0.3 is 0 Å². The molecule has 40 heavy (non-hydrogen) atoms. The van der Waals surface area contributed by atoms with Gasteiger partial charge in [0.2, 0.25) is 10.0 Å². The number of aromatic nitrogens is 3. The number of benzene rings is 1. The van der Waals surface area contributed by atoms with Crippen LogP contribution in [-0.4, -0.2) is 84.8 Å². The van der Waals surface area contributed by atoms with E-state index in [2.05, 4.69) is 10.1 Å². The lowest BCUT2D eigenvalue weighted by molar-refractivity contribution is 0.0236. The van der Waals surface area contributed by atoms with Gasteiger partial charge in [-0.3, -0.25) is 0 Å². The zero-order valence-electron chi connectivity index (χ0n) is 21.9. The van der Waals surface area contributed by atoms with E-state index in [0.717, 1.165) is 22.5 Å². The van der Waals surface area contributed by atoms with Crippen molar-refractivity contribution in [2.75, 3.05) is 50.9 Å². The number of anilines is 1. The molecule has 0 amide bonds. The number of piperidine rings is 1. The summed E-state index contributed by atoms with van der Waals surface area (Å²) in [5.41, 5.74) is 2.96. The first kappa shape index (κ1) is 27.0. The van der Waals surface area contributed by atoms with Crippen molar-refractivity contribution in [1.82, 2.24) is 19.1 Å². The smallest absolute Gasteiger partial charge is 0.244 e. The predicted molar refractivity (Wildman–Crippen MR) is 145 cm³/mol. The van der Waals surface area contributed by atoms with E-state index >= 15 is 0 Å². The average Bonchev–Trinajstić information content (AvgIpc) is 3.58. The fourth-order valence-electron chi connectivity index (χ4n) is 5.94. The van der Waals surface area contributed by atoms with Crippen molar-refractivity contribution in [3.63, 3.8) is 0 Å². The van der Waals surface area contributed by atoms with Crippen LogP contribution in [-0.2, 0) is 21.2 Å². The highest BCUT2D eigenvalue weighted by molar-refractivity contribution is 7.89. The molecule has 0 bridgehead atoms. The SMILES string of the molecule is O=S(=O)(c1ccc(N2CC[C@@H](F)C2)nc1)N1CCC2=Cc3c(cnn3-c3ccc(F)cc3)CC2(COCCO)C1. The highest BCUT2D eigenvalue weighted by Gasteiger charge is 2.46. The van der Waals surface area contributed by atoms with E-state index in [-0.39, 0.29) is 50.2 Å². The lowest BCUT2D eigenvalue weighted by Crippen LogP contribution is -2.51. The van der Waals surface area contributed by atoms with Crippen LogP contribution >= 0.6 is 0 Å². The summed E-state index contributed by atoms with van der Waals surface area (Å²) in [7, 11) is -3.86. The summed E-state index contributed by atoms with van der Waals surface area (Å²) in [6.07, 6.45) is 5.70. The van der Waals surface area contributed by atoms with Gasteiger partial charge in [-0.15, -0.1) is 0 Å². The Morgan fingerprint density at radius 1 is 1.12 bits per heavy atom. The molecule has 12 heteroatoms. The van der Waals surface area contributed by atoms with Gasteiger partial charge in [-0.1, -0.05) is 5.57 Å². The monoisotopic (exact) mass is 571 g/mol. The topological polar surface area (TPSA) is 101 Å². The van der Waals surface area contributed by atoms with Crippen LogP contribution in [0.25, 0.3) is 11.8 Å². The van der Waals surface area contributed by atoms with Crippen molar-refractivity contribution in [3.8, 4) is 5.69 Å². The van der Waals surface area contributed by atoms with E-state index in [4.69, 9.17) is 4.74 Å². The Hall–Kier alpha value is -3.19. The van der Waals surface area contributed by atoms with Crippen LogP contribution in [0, 0.1) is 11.2 Å². The van der Waals surface area contributed by atoms with Gasteiger partial charge in [0.15, 0.2) is 0 Å². The van der Waals surface area contributed by atoms with E-state index in [0.29, 0.717) is 31.6 Å². The first-order valence-electron chi connectivity index (χ1n) is 13.4. The molecule has 2 atom stereocenters. The Morgan fingerprint density at radius 2 is 1.95 bits per heavy atom.